The average molecular weight is 284 g/mol. The first-order valence-electron chi connectivity index (χ1n) is 7.29. The molecule has 0 radical (unpaired) electrons. The van der Waals surface area contributed by atoms with Crippen molar-refractivity contribution in [1.82, 2.24) is 0 Å². The molecular formula is C16H23ClFN. The van der Waals surface area contributed by atoms with E-state index in [1.165, 1.54) is 44.2 Å². The van der Waals surface area contributed by atoms with E-state index in [2.05, 4.69) is 6.92 Å². The minimum Gasteiger partial charge on any atom is -0.327 e. The van der Waals surface area contributed by atoms with Crippen molar-refractivity contribution in [1.29, 1.82) is 0 Å². The van der Waals surface area contributed by atoms with Gasteiger partial charge in [-0.05, 0) is 54.9 Å². The second-order valence-corrected chi connectivity index (χ2v) is 6.20. The van der Waals surface area contributed by atoms with Crippen LogP contribution in [0.3, 0.4) is 0 Å². The van der Waals surface area contributed by atoms with Crippen LogP contribution in [0.25, 0.3) is 0 Å². The molecule has 0 amide bonds. The van der Waals surface area contributed by atoms with Crippen LogP contribution in [0.2, 0.25) is 5.02 Å². The summed E-state index contributed by atoms with van der Waals surface area (Å²) in [7, 11) is 0. The molecule has 2 rings (SSSR count). The fraction of sp³-hybridized carbons (Fsp3) is 0.625. The van der Waals surface area contributed by atoms with Crippen LogP contribution in [0.4, 0.5) is 4.39 Å². The van der Waals surface area contributed by atoms with Gasteiger partial charge in [-0.2, -0.15) is 0 Å². The maximum Gasteiger partial charge on any atom is 0.123 e. The second kappa shape index (κ2) is 6.71. The molecule has 106 valence electrons. The van der Waals surface area contributed by atoms with Crippen LogP contribution in [0, 0.1) is 17.7 Å². The van der Waals surface area contributed by atoms with Crippen molar-refractivity contribution in [2.24, 2.45) is 17.6 Å². The number of hydrogen-bond donors (Lipinski definition) is 1. The Kier molecular flexibility index (Phi) is 5.23. The highest BCUT2D eigenvalue weighted by molar-refractivity contribution is 6.31. The van der Waals surface area contributed by atoms with Gasteiger partial charge in [0.1, 0.15) is 5.82 Å². The van der Waals surface area contributed by atoms with E-state index in [-0.39, 0.29) is 11.9 Å². The topological polar surface area (TPSA) is 26.0 Å². The summed E-state index contributed by atoms with van der Waals surface area (Å²) in [6, 6.07) is 4.62. The van der Waals surface area contributed by atoms with Gasteiger partial charge in [0, 0.05) is 11.1 Å². The molecule has 1 aromatic rings. The van der Waals surface area contributed by atoms with E-state index >= 15 is 0 Å². The van der Waals surface area contributed by atoms with Gasteiger partial charge in [0.05, 0.1) is 0 Å². The lowest BCUT2D eigenvalue weighted by atomic mass is 9.76. The van der Waals surface area contributed by atoms with Gasteiger partial charge >= 0.3 is 0 Å². The minimum atomic E-state index is -0.235. The second-order valence-electron chi connectivity index (χ2n) is 5.79. The summed E-state index contributed by atoms with van der Waals surface area (Å²) in [5.41, 5.74) is 7.14. The summed E-state index contributed by atoms with van der Waals surface area (Å²) in [6.07, 6.45) is 6.92. The zero-order valence-electron chi connectivity index (χ0n) is 11.5. The van der Waals surface area contributed by atoms with E-state index in [0.29, 0.717) is 17.4 Å². The van der Waals surface area contributed by atoms with Crippen LogP contribution in [-0.4, -0.2) is 6.04 Å². The van der Waals surface area contributed by atoms with Gasteiger partial charge in [0.15, 0.2) is 0 Å². The molecule has 1 aromatic carbocycles. The molecule has 0 heterocycles. The Hall–Kier alpha value is -0.600. The SMILES string of the molecule is CCC1CCC(C(N)Cc2cc(F)ccc2Cl)CC1. The van der Waals surface area contributed by atoms with Gasteiger partial charge in [-0.25, -0.2) is 4.39 Å². The summed E-state index contributed by atoms with van der Waals surface area (Å²) in [5.74, 6) is 1.20. The first-order valence-corrected chi connectivity index (χ1v) is 7.67. The number of halogens is 2. The molecule has 1 aliphatic rings. The van der Waals surface area contributed by atoms with Crippen molar-refractivity contribution in [3.8, 4) is 0 Å². The number of benzene rings is 1. The summed E-state index contributed by atoms with van der Waals surface area (Å²) in [5, 5.41) is 0.624. The third kappa shape index (κ3) is 3.93. The summed E-state index contributed by atoms with van der Waals surface area (Å²) in [6.45, 7) is 2.26. The van der Waals surface area contributed by atoms with E-state index in [0.717, 1.165) is 11.5 Å². The third-order valence-corrected chi connectivity index (χ3v) is 4.91. The van der Waals surface area contributed by atoms with Gasteiger partial charge in [0.2, 0.25) is 0 Å². The lowest BCUT2D eigenvalue weighted by Gasteiger charge is -2.32. The Balaban J connectivity index is 1.94. The molecule has 1 saturated carbocycles. The zero-order valence-corrected chi connectivity index (χ0v) is 12.3. The fourth-order valence-corrected chi connectivity index (χ4v) is 3.34. The lowest BCUT2D eigenvalue weighted by molar-refractivity contribution is 0.238. The zero-order chi connectivity index (χ0) is 13.8. The number of hydrogen-bond acceptors (Lipinski definition) is 1. The summed E-state index contributed by atoms with van der Waals surface area (Å²) in [4.78, 5) is 0. The summed E-state index contributed by atoms with van der Waals surface area (Å²) < 4.78 is 13.2. The van der Waals surface area contributed by atoms with Crippen LogP contribution < -0.4 is 5.73 Å². The predicted molar refractivity (Wildman–Crippen MR) is 78.8 cm³/mol. The molecule has 0 saturated heterocycles. The van der Waals surface area contributed by atoms with E-state index in [9.17, 15) is 4.39 Å². The van der Waals surface area contributed by atoms with Crippen LogP contribution in [0.5, 0.6) is 0 Å². The van der Waals surface area contributed by atoms with Crippen LogP contribution in [0.15, 0.2) is 18.2 Å². The Labute approximate surface area is 120 Å². The molecule has 19 heavy (non-hydrogen) atoms. The molecule has 0 aromatic heterocycles. The highest BCUT2D eigenvalue weighted by atomic mass is 35.5. The molecule has 1 atom stereocenters. The molecule has 0 aliphatic heterocycles. The standard InChI is InChI=1S/C16H23ClFN/c1-2-11-3-5-12(6-4-11)16(19)10-13-9-14(18)7-8-15(13)17/h7-9,11-12,16H,2-6,10,19H2,1H3. The van der Waals surface area contributed by atoms with Crippen molar-refractivity contribution in [3.05, 3.63) is 34.6 Å². The molecule has 1 aliphatic carbocycles. The maximum atomic E-state index is 13.2. The molecular weight excluding hydrogens is 261 g/mol. The van der Waals surface area contributed by atoms with E-state index in [1.54, 1.807) is 6.07 Å². The molecule has 2 N–H and O–H groups in total. The van der Waals surface area contributed by atoms with E-state index in [1.807, 2.05) is 0 Å². The van der Waals surface area contributed by atoms with Crippen molar-refractivity contribution >= 4 is 11.6 Å². The first-order chi connectivity index (χ1) is 9.10. The van der Waals surface area contributed by atoms with Gasteiger partial charge < -0.3 is 5.73 Å². The maximum absolute atomic E-state index is 13.2. The van der Waals surface area contributed by atoms with Crippen LogP contribution in [0.1, 0.15) is 44.6 Å². The van der Waals surface area contributed by atoms with Crippen molar-refractivity contribution < 1.29 is 4.39 Å². The van der Waals surface area contributed by atoms with Crippen LogP contribution in [-0.2, 0) is 6.42 Å². The van der Waals surface area contributed by atoms with Crippen molar-refractivity contribution in [2.75, 3.05) is 0 Å². The summed E-state index contributed by atoms with van der Waals surface area (Å²) >= 11 is 6.10. The predicted octanol–water partition coefficient (Wildman–Crippen LogP) is 4.57. The molecule has 1 nitrogen and oxygen atoms in total. The minimum absolute atomic E-state index is 0.0945. The number of rotatable bonds is 4. The molecule has 3 heteroatoms. The molecule has 1 fully saturated rings. The average Bonchev–Trinajstić information content (AvgIpc) is 2.43. The lowest BCUT2D eigenvalue weighted by Crippen LogP contribution is -2.35. The highest BCUT2D eigenvalue weighted by Gasteiger charge is 2.25. The quantitative estimate of drug-likeness (QED) is 0.861. The van der Waals surface area contributed by atoms with Crippen molar-refractivity contribution in [3.63, 3.8) is 0 Å². The van der Waals surface area contributed by atoms with Gasteiger partial charge in [-0.1, -0.05) is 37.8 Å². The molecule has 0 bridgehead atoms. The smallest absolute Gasteiger partial charge is 0.123 e. The number of nitrogens with two attached hydrogens (primary N) is 1. The van der Waals surface area contributed by atoms with Crippen molar-refractivity contribution in [2.45, 2.75) is 51.5 Å². The van der Waals surface area contributed by atoms with Crippen LogP contribution >= 0.6 is 11.6 Å². The van der Waals surface area contributed by atoms with E-state index in [4.69, 9.17) is 17.3 Å². The Bertz CT molecular complexity index is 413. The first kappa shape index (κ1) is 14.8. The van der Waals surface area contributed by atoms with E-state index < -0.39 is 0 Å². The fourth-order valence-electron chi connectivity index (χ4n) is 3.14. The van der Waals surface area contributed by atoms with Gasteiger partial charge in [-0.15, -0.1) is 0 Å². The normalized spacial score (nSPS) is 25.3. The van der Waals surface area contributed by atoms with Gasteiger partial charge in [0.25, 0.3) is 0 Å². The largest absolute Gasteiger partial charge is 0.327 e. The Morgan fingerprint density at radius 1 is 1.32 bits per heavy atom. The Morgan fingerprint density at radius 3 is 2.63 bits per heavy atom. The van der Waals surface area contributed by atoms with Gasteiger partial charge in [-0.3, -0.25) is 0 Å². The monoisotopic (exact) mass is 283 g/mol. The highest BCUT2D eigenvalue weighted by Crippen LogP contribution is 2.33. The third-order valence-electron chi connectivity index (χ3n) is 4.54. The molecule has 0 spiro atoms. The molecule has 1 unspecified atom stereocenters. The Morgan fingerprint density at radius 2 is 2.00 bits per heavy atom.